The molecule has 2 aromatic rings. The summed E-state index contributed by atoms with van der Waals surface area (Å²) in [6, 6.07) is 5.45. The standard InChI is InChI=1S/C16H21FN4/c1-5-21-11-13(10-19-21)9-18-14-6-7-16(15(17)8-14)20(4)12(2)3/h5-8,10-12,18H,1,9H2,2-4H3. The number of rotatable bonds is 6. The van der Waals surface area contributed by atoms with Crippen LogP contribution in [-0.4, -0.2) is 22.9 Å². The lowest BCUT2D eigenvalue weighted by Gasteiger charge is -2.24. The molecule has 0 fully saturated rings. The van der Waals surface area contributed by atoms with Crippen LogP contribution in [0.4, 0.5) is 15.8 Å². The van der Waals surface area contributed by atoms with Crippen molar-refractivity contribution < 1.29 is 4.39 Å². The molecule has 0 radical (unpaired) electrons. The van der Waals surface area contributed by atoms with Gasteiger partial charge in [0.25, 0.3) is 0 Å². The Hall–Kier alpha value is -2.30. The molecule has 1 aromatic carbocycles. The fourth-order valence-corrected chi connectivity index (χ4v) is 1.95. The highest BCUT2D eigenvalue weighted by molar-refractivity contribution is 5.56. The summed E-state index contributed by atoms with van der Waals surface area (Å²) in [6.07, 6.45) is 5.25. The minimum absolute atomic E-state index is 0.224. The average molecular weight is 288 g/mol. The van der Waals surface area contributed by atoms with Crippen LogP contribution < -0.4 is 10.2 Å². The highest BCUT2D eigenvalue weighted by Crippen LogP contribution is 2.23. The van der Waals surface area contributed by atoms with E-state index < -0.39 is 0 Å². The molecule has 0 saturated carbocycles. The predicted octanol–water partition coefficient (Wildman–Crippen LogP) is 3.58. The van der Waals surface area contributed by atoms with Crippen LogP contribution in [-0.2, 0) is 6.54 Å². The fourth-order valence-electron chi connectivity index (χ4n) is 1.95. The Morgan fingerprint density at radius 1 is 1.48 bits per heavy atom. The molecule has 4 nitrogen and oxygen atoms in total. The molecule has 0 saturated heterocycles. The zero-order valence-corrected chi connectivity index (χ0v) is 12.7. The van der Waals surface area contributed by atoms with Gasteiger partial charge in [-0.25, -0.2) is 9.07 Å². The van der Waals surface area contributed by atoms with Gasteiger partial charge in [0.15, 0.2) is 0 Å². The van der Waals surface area contributed by atoms with Crippen LogP contribution >= 0.6 is 0 Å². The minimum atomic E-state index is -0.224. The van der Waals surface area contributed by atoms with Gasteiger partial charge < -0.3 is 10.2 Å². The van der Waals surface area contributed by atoms with Crippen LogP contribution in [0, 0.1) is 5.82 Å². The van der Waals surface area contributed by atoms with E-state index in [0.717, 1.165) is 11.3 Å². The molecule has 21 heavy (non-hydrogen) atoms. The van der Waals surface area contributed by atoms with Crippen LogP contribution in [0.1, 0.15) is 19.4 Å². The number of benzene rings is 1. The number of halogens is 1. The molecule has 0 unspecified atom stereocenters. The average Bonchev–Trinajstić information content (AvgIpc) is 2.92. The van der Waals surface area contributed by atoms with Gasteiger partial charge in [0.05, 0.1) is 11.9 Å². The molecule has 0 aliphatic rings. The van der Waals surface area contributed by atoms with Crippen molar-refractivity contribution in [3.05, 3.63) is 48.6 Å². The number of nitrogens with one attached hydrogen (secondary N) is 1. The maximum Gasteiger partial charge on any atom is 0.148 e. The first-order chi connectivity index (χ1) is 10.0. The SMILES string of the molecule is C=Cn1cc(CNc2ccc(N(C)C(C)C)c(F)c2)cn1. The van der Waals surface area contributed by atoms with Crippen LogP contribution in [0.15, 0.2) is 37.2 Å². The summed E-state index contributed by atoms with van der Waals surface area (Å²) in [6.45, 7) is 8.29. The Morgan fingerprint density at radius 2 is 2.24 bits per heavy atom. The molecule has 112 valence electrons. The summed E-state index contributed by atoms with van der Waals surface area (Å²) >= 11 is 0. The third-order valence-electron chi connectivity index (χ3n) is 3.44. The topological polar surface area (TPSA) is 33.1 Å². The highest BCUT2D eigenvalue weighted by atomic mass is 19.1. The quantitative estimate of drug-likeness (QED) is 0.882. The smallest absolute Gasteiger partial charge is 0.148 e. The van der Waals surface area contributed by atoms with Crippen molar-refractivity contribution in [3.8, 4) is 0 Å². The van der Waals surface area contributed by atoms with E-state index >= 15 is 0 Å². The second-order valence-electron chi connectivity index (χ2n) is 5.24. The number of hydrogen-bond acceptors (Lipinski definition) is 3. The highest BCUT2D eigenvalue weighted by Gasteiger charge is 2.10. The van der Waals surface area contributed by atoms with Gasteiger partial charge >= 0.3 is 0 Å². The Kier molecular flexibility index (Phi) is 4.62. The number of aromatic nitrogens is 2. The van der Waals surface area contributed by atoms with Gasteiger partial charge in [-0.2, -0.15) is 5.10 Å². The first kappa shape index (κ1) is 15.1. The fraction of sp³-hybridized carbons (Fsp3) is 0.312. The molecule has 0 atom stereocenters. The van der Waals surface area contributed by atoms with Gasteiger partial charge in [-0.1, -0.05) is 6.58 Å². The molecule has 0 spiro atoms. The van der Waals surface area contributed by atoms with Crippen LogP contribution in [0.25, 0.3) is 6.20 Å². The monoisotopic (exact) mass is 288 g/mol. The third-order valence-corrected chi connectivity index (χ3v) is 3.44. The molecule has 0 aliphatic carbocycles. The lowest BCUT2D eigenvalue weighted by molar-refractivity contribution is 0.614. The summed E-state index contributed by atoms with van der Waals surface area (Å²) < 4.78 is 15.8. The molecule has 5 heteroatoms. The summed E-state index contributed by atoms with van der Waals surface area (Å²) in [7, 11) is 1.89. The molecule has 0 amide bonds. The number of hydrogen-bond donors (Lipinski definition) is 1. The Labute approximate surface area is 124 Å². The zero-order chi connectivity index (χ0) is 15.4. The van der Waals surface area contributed by atoms with E-state index in [2.05, 4.69) is 17.0 Å². The van der Waals surface area contributed by atoms with E-state index in [0.29, 0.717) is 12.2 Å². The maximum absolute atomic E-state index is 14.1. The zero-order valence-electron chi connectivity index (χ0n) is 12.7. The van der Waals surface area contributed by atoms with E-state index in [1.807, 2.05) is 38.1 Å². The second kappa shape index (κ2) is 6.43. The molecular formula is C16H21FN4. The van der Waals surface area contributed by atoms with Gasteiger partial charge in [0.1, 0.15) is 5.82 Å². The van der Waals surface area contributed by atoms with E-state index in [9.17, 15) is 4.39 Å². The Morgan fingerprint density at radius 3 is 2.81 bits per heavy atom. The van der Waals surface area contributed by atoms with Gasteiger partial charge in [-0.15, -0.1) is 0 Å². The summed E-state index contributed by atoms with van der Waals surface area (Å²) in [5.74, 6) is -0.224. The molecule has 0 aliphatic heterocycles. The van der Waals surface area contributed by atoms with Crippen molar-refractivity contribution >= 4 is 17.6 Å². The molecule has 0 bridgehead atoms. The van der Waals surface area contributed by atoms with Gasteiger partial charge in [0, 0.05) is 43.3 Å². The minimum Gasteiger partial charge on any atom is -0.381 e. The molecule has 2 rings (SSSR count). The summed E-state index contributed by atoms with van der Waals surface area (Å²) in [4.78, 5) is 1.91. The van der Waals surface area contributed by atoms with Crippen molar-refractivity contribution in [2.75, 3.05) is 17.3 Å². The van der Waals surface area contributed by atoms with Crippen LogP contribution in [0.2, 0.25) is 0 Å². The predicted molar refractivity (Wildman–Crippen MR) is 85.9 cm³/mol. The Bertz CT molecular complexity index is 618. The van der Waals surface area contributed by atoms with Crippen molar-refractivity contribution in [1.29, 1.82) is 0 Å². The van der Waals surface area contributed by atoms with Gasteiger partial charge in [0.2, 0.25) is 0 Å². The van der Waals surface area contributed by atoms with Crippen LogP contribution in [0.5, 0.6) is 0 Å². The second-order valence-corrected chi connectivity index (χ2v) is 5.24. The number of anilines is 2. The van der Waals surface area contributed by atoms with Crippen molar-refractivity contribution in [1.82, 2.24) is 9.78 Å². The van der Waals surface area contributed by atoms with E-state index in [4.69, 9.17) is 0 Å². The lowest BCUT2D eigenvalue weighted by atomic mass is 10.2. The summed E-state index contributed by atoms with van der Waals surface area (Å²) in [5, 5.41) is 7.29. The molecule has 1 heterocycles. The largest absolute Gasteiger partial charge is 0.381 e. The Balaban J connectivity index is 2.04. The molecule has 1 N–H and O–H groups in total. The van der Waals surface area contributed by atoms with Gasteiger partial charge in [-0.05, 0) is 32.0 Å². The van der Waals surface area contributed by atoms with E-state index in [1.165, 1.54) is 6.07 Å². The van der Waals surface area contributed by atoms with E-state index in [-0.39, 0.29) is 11.9 Å². The molecular weight excluding hydrogens is 267 g/mol. The first-order valence-electron chi connectivity index (χ1n) is 6.93. The maximum atomic E-state index is 14.1. The molecule has 1 aromatic heterocycles. The normalized spacial score (nSPS) is 10.7. The first-order valence-corrected chi connectivity index (χ1v) is 6.93. The van der Waals surface area contributed by atoms with Crippen molar-refractivity contribution in [3.63, 3.8) is 0 Å². The van der Waals surface area contributed by atoms with Gasteiger partial charge in [-0.3, -0.25) is 0 Å². The number of nitrogens with zero attached hydrogens (tertiary/aromatic N) is 3. The van der Waals surface area contributed by atoms with Crippen molar-refractivity contribution in [2.24, 2.45) is 0 Å². The van der Waals surface area contributed by atoms with E-state index in [1.54, 1.807) is 23.1 Å². The lowest BCUT2D eigenvalue weighted by Crippen LogP contribution is -2.26. The van der Waals surface area contributed by atoms with Crippen molar-refractivity contribution in [2.45, 2.75) is 26.4 Å². The van der Waals surface area contributed by atoms with Crippen LogP contribution in [0.3, 0.4) is 0 Å². The third kappa shape index (κ3) is 3.62. The summed E-state index contributed by atoms with van der Waals surface area (Å²) in [5.41, 5.74) is 2.37.